The molecule has 0 unspecified atom stereocenters. The molecular formula is C14H15Cl2N5O3S. The summed E-state index contributed by atoms with van der Waals surface area (Å²) in [6.45, 7) is 1.82. The minimum atomic E-state index is -3.46. The number of benzene rings is 1. The molecule has 4 N–H and O–H groups in total. The molecule has 1 aromatic heterocycles. The number of sulfonamides is 1. The molecule has 134 valence electrons. The predicted octanol–water partition coefficient (Wildman–Crippen LogP) is 2.56. The largest absolute Gasteiger partial charge is 0.364 e. The van der Waals surface area contributed by atoms with E-state index in [1.165, 1.54) is 12.1 Å². The molecule has 0 radical (unpaired) electrons. The number of anilines is 3. The van der Waals surface area contributed by atoms with Crippen molar-refractivity contribution in [2.75, 3.05) is 16.3 Å². The third-order valence-electron chi connectivity index (χ3n) is 3.01. The predicted molar refractivity (Wildman–Crippen MR) is 98.1 cm³/mol. The lowest BCUT2D eigenvalue weighted by Gasteiger charge is -2.12. The van der Waals surface area contributed by atoms with Crippen molar-refractivity contribution in [2.24, 2.45) is 5.73 Å². The van der Waals surface area contributed by atoms with Gasteiger partial charge in [-0.05, 0) is 24.6 Å². The van der Waals surface area contributed by atoms with Crippen molar-refractivity contribution in [3.8, 4) is 0 Å². The van der Waals surface area contributed by atoms with Crippen molar-refractivity contribution in [3.63, 3.8) is 0 Å². The van der Waals surface area contributed by atoms with Gasteiger partial charge in [0.05, 0.1) is 22.7 Å². The first kappa shape index (κ1) is 19.2. The molecule has 1 heterocycles. The Hall–Kier alpha value is -2.10. The number of carbonyl (C=O) groups excluding carboxylic acids is 1. The van der Waals surface area contributed by atoms with E-state index in [2.05, 4.69) is 20.0 Å². The molecule has 11 heteroatoms. The molecule has 2 rings (SSSR count). The van der Waals surface area contributed by atoms with Crippen LogP contribution in [0, 0.1) is 0 Å². The molecule has 0 saturated carbocycles. The Morgan fingerprint density at radius 1 is 1.28 bits per heavy atom. The second-order valence-electron chi connectivity index (χ2n) is 5.07. The number of aromatic nitrogens is 2. The highest BCUT2D eigenvalue weighted by Crippen LogP contribution is 2.29. The summed E-state index contributed by atoms with van der Waals surface area (Å²) >= 11 is 12.1. The highest BCUT2D eigenvalue weighted by molar-refractivity contribution is 7.92. The number of primary amides is 1. The molecule has 0 saturated heterocycles. The molecule has 8 nitrogen and oxygen atoms in total. The summed E-state index contributed by atoms with van der Waals surface area (Å²) in [4.78, 5) is 19.8. The Morgan fingerprint density at radius 3 is 2.48 bits per heavy atom. The van der Waals surface area contributed by atoms with E-state index >= 15 is 0 Å². The summed E-state index contributed by atoms with van der Waals surface area (Å²) < 4.78 is 24.8. The number of rotatable bonds is 6. The number of nitrogens with two attached hydrogens (primary N) is 1. The summed E-state index contributed by atoms with van der Waals surface area (Å²) in [5, 5.41) is 3.16. The van der Waals surface area contributed by atoms with Crippen LogP contribution in [0.2, 0.25) is 10.2 Å². The van der Waals surface area contributed by atoms with E-state index in [0.29, 0.717) is 17.8 Å². The molecule has 0 fully saturated rings. The van der Waals surface area contributed by atoms with E-state index in [0.717, 1.165) is 6.26 Å². The Labute approximate surface area is 154 Å². The van der Waals surface area contributed by atoms with Gasteiger partial charge in [0.25, 0.3) is 5.91 Å². The number of aryl methyl sites for hydroxylation is 1. The molecule has 25 heavy (non-hydrogen) atoms. The fourth-order valence-corrected chi connectivity index (χ4v) is 3.07. The minimum Gasteiger partial charge on any atom is -0.364 e. The van der Waals surface area contributed by atoms with Crippen LogP contribution >= 0.6 is 23.2 Å². The molecule has 0 atom stereocenters. The van der Waals surface area contributed by atoms with Crippen LogP contribution in [0.25, 0.3) is 0 Å². The normalized spacial score (nSPS) is 11.2. The van der Waals surface area contributed by atoms with Crippen LogP contribution in [0.5, 0.6) is 0 Å². The van der Waals surface area contributed by atoms with E-state index in [1.807, 2.05) is 6.92 Å². The van der Waals surface area contributed by atoms with Gasteiger partial charge in [-0.1, -0.05) is 30.1 Å². The van der Waals surface area contributed by atoms with Crippen molar-refractivity contribution >= 4 is 56.3 Å². The van der Waals surface area contributed by atoms with Gasteiger partial charge in [-0.2, -0.15) is 0 Å². The van der Waals surface area contributed by atoms with Gasteiger partial charge in [0.2, 0.25) is 10.0 Å². The van der Waals surface area contributed by atoms with Gasteiger partial charge in [0, 0.05) is 5.69 Å². The SMILES string of the molecule is CCc1nc(C(N)=O)c(Nc2ccc(NS(C)(=O)=O)c(Cl)c2)nc1Cl. The number of hydrogen-bond donors (Lipinski definition) is 3. The number of nitrogens with zero attached hydrogens (tertiary/aromatic N) is 2. The zero-order valence-corrected chi connectivity index (χ0v) is 15.6. The van der Waals surface area contributed by atoms with Gasteiger partial charge in [-0.3, -0.25) is 9.52 Å². The van der Waals surface area contributed by atoms with E-state index in [9.17, 15) is 13.2 Å². The van der Waals surface area contributed by atoms with Crippen LogP contribution in [-0.2, 0) is 16.4 Å². The number of hydrogen-bond acceptors (Lipinski definition) is 6. The number of halogens is 2. The second kappa shape index (κ2) is 7.42. The Morgan fingerprint density at radius 2 is 1.96 bits per heavy atom. The summed E-state index contributed by atoms with van der Waals surface area (Å²) in [5.74, 6) is -0.683. The molecule has 0 aliphatic heterocycles. The third-order valence-corrected chi connectivity index (χ3v) is 4.22. The van der Waals surface area contributed by atoms with Crippen molar-refractivity contribution in [2.45, 2.75) is 13.3 Å². The molecular weight excluding hydrogens is 389 g/mol. The van der Waals surface area contributed by atoms with Gasteiger partial charge in [-0.25, -0.2) is 18.4 Å². The lowest BCUT2D eigenvalue weighted by Crippen LogP contribution is -2.18. The van der Waals surface area contributed by atoms with Gasteiger partial charge in [0.1, 0.15) is 0 Å². The smallest absolute Gasteiger partial charge is 0.271 e. The summed E-state index contributed by atoms with van der Waals surface area (Å²) in [6.07, 6.45) is 1.51. The van der Waals surface area contributed by atoms with Crippen LogP contribution in [0.15, 0.2) is 18.2 Å². The topological polar surface area (TPSA) is 127 Å². The zero-order chi connectivity index (χ0) is 18.8. The average Bonchev–Trinajstić information content (AvgIpc) is 2.49. The van der Waals surface area contributed by atoms with Crippen molar-refractivity contribution in [1.29, 1.82) is 0 Å². The summed E-state index contributed by atoms with van der Waals surface area (Å²) in [7, 11) is -3.46. The van der Waals surface area contributed by atoms with Crippen LogP contribution in [0.4, 0.5) is 17.2 Å². The molecule has 0 spiro atoms. The quantitative estimate of drug-likeness (QED) is 0.679. The van der Waals surface area contributed by atoms with Crippen LogP contribution in [-0.4, -0.2) is 30.5 Å². The molecule has 1 aromatic carbocycles. The maximum absolute atomic E-state index is 11.6. The number of nitrogens with one attached hydrogen (secondary N) is 2. The number of amides is 1. The van der Waals surface area contributed by atoms with E-state index in [-0.39, 0.29) is 27.4 Å². The fourth-order valence-electron chi connectivity index (χ4n) is 1.95. The van der Waals surface area contributed by atoms with Gasteiger partial charge >= 0.3 is 0 Å². The van der Waals surface area contributed by atoms with Gasteiger partial charge in [-0.15, -0.1) is 0 Å². The first-order valence-corrected chi connectivity index (χ1v) is 9.66. The molecule has 2 aromatic rings. The van der Waals surface area contributed by atoms with Gasteiger partial charge in [0.15, 0.2) is 16.7 Å². The summed E-state index contributed by atoms with van der Waals surface area (Å²) in [5.41, 5.74) is 6.39. The Bertz CT molecular complexity index is 934. The lowest BCUT2D eigenvalue weighted by atomic mass is 10.2. The Kier molecular flexibility index (Phi) is 5.71. The second-order valence-corrected chi connectivity index (χ2v) is 7.58. The maximum atomic E-state index is 11.6. The van der Waals surface area contributed by atoms with Gasteiger partial charge < -0.3 is 11.1 Å². The monoisotopic (exact) mass is 403 g/mol. The van der Waals surface area contributed by atoms with Crippen molar-refractivity contribution in [1.82, 2.24) is 9.97 Å². The zero-order valence-electron chi connectivity index (χ0n) is 13.3. The fraction of sp³-hybridized carbons (Fsp3) is 0.214. The molecule has 0 aliphatic rings. The number of carbonyl (C=O) groups is 1. The van der Waals surface area contributed by atoms with E-state index < -0.39 is 15.9 Å². The molecule has 1 amide bonds. The third kappa shape index (κ3) is 4.94. The highest BCUT2D eigenvalue weighted by Gasteiger charge is 2.17. The van der Waals surface area contributed by atoms with Crippen molar-refractivity contribution < 1.29 is 13.2 Å². The van der Waals surface area contributed by atoms with Crippen LogP contribution < -0.4 is 15.8 Å². The first-order valence-electron chi connectivity index (χ1n) is 7.01. The highest BCUT2D eigenvalue weighted by atomic mass is 35.5. The maximum Gasteiger partial charge on any atom is 0.271 e. The van der Waals surface area contributed by atoms with E-state index in [1.54, 1.807) is 6.07 Å². The van der Waals surface area contributed by atoms with Crippen LogP contribution in [0.1, 0.15) is 23.1 Å². The summed E-state index contributed by atoms with van der Waals surface area (Å²) in [6, 6.07) is 4.47. The Balaban J connectivity index is 2.38. The molecule has 0 aliphatic carbocycles. The van der Waals surface area contributed by atoms with Crippen molar-refractivity contribution in [3.05, 3.63) is 39.8 Å². The lowest BCUT2D eigenvalue weighted by molar-refractivity contribution is 0.0996. The van der Waals surface area contributed by atoms with Crippen LogP contribution in [0.3, 0.4) is 0 Å². The standard InChI is InChI=1S/C14H15Cl2N5O3S/c1-3-9-12(16)20-14(11(19-9)13(17)22)18-7-4-5-10(8(15)6-7)21-25(2,23)24/h4-6,21H,3H2,1-2H3,(H2,17,22)(H,18,20). The molecule has 0 bridgehead atoms. The minimum absolute atomic E-state index is 0.0595. The van der Waals surface area contributed by atoms with E-state index in [4.69, 9.17) is 28.9 Å². The first-order chi connectivity index (χ1) is 11.6. The average molecular weight is 404 g/mol.